The summed E-state index contributed by atoms with van der Waals surface area (Å²) in [4.78, 5) is 0. The van der Waals surface area contributed by atoms with Crippen LogP contribution in [0.4, 0.5) is 0 Å². The summed E-state index contributed by atoms with van der Waals surface area (Å²) in [6, 6.07) is 0. The van der Waals surface area contributed by atoms with Crippen molar-refractivity contribution in [2.75, 3.05) is 13.0 Å². The van der Waals surface area contributed by atoms with Crippen molar-refractivity contribution in [1.29, 1.82) is 0 Å². The van der Waals surface area contributed by atoms with E-state index in [2.05, 4.69) is 0 Å². The van der Waals surface area contributed by atoms with Crippen molar-refractivity contribution in [3.05, 3.63) is 0 Å². The quantitative estimate of drug-likeness (QED) is 0.417. The molecular formula is C3H7N. The Morgan fingerprint density at radius 2 is 2.75 bits per heavy atom. The lowest BCUT2D eigenvalue weighted by atomic mass is 10.3. The number of rotatable bonds is 0. The molecule has 1 saturated heterocycles. The smallest absolute Gasteiger partial charge is 0.122 e. The zero-order valence-corrected chi connectivity index (χ0v) is 1.95. The zero-order chi connectivity index (χ0) is 9.08. The Kier molecular flexibility index (Phi) is 0.0524. The van der Waals surface area contributed by atoms with Crippen LogP contribution >= 0.6 is 0 Å². The van der Waals surface area contributed by atoms with Gasteiger partial charge < -0.3 is 5.31 Å². The van der Waals surface area contributed by atoms with Gasteiger partial charge in [0.2, 0.25) is 0 Å². The van der Waals surface area contributed by atoms with Gasteiger partial charge in [0.15, 0.2) is 0 Å². The molecule has 1 rings (SSSR count). The van der Waals surface area contributed by atoms with E-state index in [0.717, 1.165) is 0 Å². The monoisotopic (exact) mass is 64.1 g/mol. The van der Waals surface area contributed by atoms with E-state index in [1.807, 2.05) is 0 Å². The predicted molar refractivity (Wildman–Crippen MR) is 17.5 cm³/mol. The summed E-state index contributed by atoms with van der Waals surface area (Å²) in [5.41, 5.74) is 0. The third-order valence-corrected chi connectivity index (χ3v) is 0.224. The highest BCUT2D eigenvalue weighted by Crippen LogP contribution is 1.80. The average molecular weight is 64.1 g/mol. The van der Waals surface area contributed by atoms with Crippen molar-refractivity contribution in [1.82, 2.24) is 5.31 Å². The fraction of sp³-hybridized carbons (Fsp3) is 1.00. The van der Waals surface area contributed by atoms with Crippen molar-refractivity contribution in [2.24, 2.45) is 0 Å². The maximum atomic E-state index is 6.96. The van der Waals surface area contributed by atoms with Crippen molar-refractivity contribution in [3.8, 4) is 0 Å². The SMILES string of the molecule is [2H]N1C([2H])([2H])C([2H])([2H])C1([2H])[2H]. The molecule has 1 heterocycles. The molecule has 0 aromatic heterocycles. The zero-order valence-electron chi connectivity index (χ0n) is 8.95. The van der Waals surface area contributed by atoms with Gasteiger partial charge in [-0.25, -0.2) is 0 Å². The summed E-state index contributed by atoms with van der Waals surface area (Å²) in [6.07, 6.45) is -2.61. The maximum absolute atomic E-state index is 6.96. The summed E-state index contributed by atoms with van der Waals surface area (Å²) >= 11 is 0. The van der Waals surface area contributed by atoms with Gasteiger partial charge in [-0.1, -0.05) is 0 Å². The van der Waals surface area contributed by atoms with E-state index >= 15 is 0 Å². The molecule has 0 amide bonds. The molecule has 1 fully saturated rings. The highest BCUT2D eigenvalue weighted by atomic mass is 14.9. The van der Waals surface area contributed by atoms with Gasteiger partial charge in [-0.05, 0) is 19.4 Å². The third-order valence-electron chi connectivity index (χ3n) is 0.224. The molecule has 0 radical (unpaired) electrons. The molecule has 4 heavy (non-hydrogen) atoms. The molecule has 1 N–H and O–H groups in total. The van der Waals surface area contributed by atoms with Gasteiger partial charge in [-0.15, -0.1) is 0 Å². The Hall–Kier alpha value is -0.0400. The van der Waals surface area contributed by atoms with Gasteiger partial charge >= 0.3 is 0 Å². The molecule has 0 aromatic carbocycles. The van der Waals surface area contributed by atoms with Crippen LogP contribution in [0.1, 0.15) is 14.6 Å². The van der Waals surface area contributed by atoms with Crippen molar-refractivity contribution < 1.29 is 9.64 Å². The largest absolute Gasteiger partial charge is 0.317 e. The molecule has 0 aliphatic carbocycles. The molecule has 0 unspecified atom stereocenters. The van der Waals surface area contributed by atoms with Gasteiger partial charge in [-0.3, -0.25) is 0 Å². The van der Waals surface area contributed by atoms with Crippen LogP contribution in [0.25, 0.3) is 0 Å². The normalized spacial score (nSPS) is 92.5. The van der Waals surface area contributed by atoms with Gasteiger partial charge in [0, 0.05) is 8.22 Å². The molecule has 0 aromatic rings. The average Bonchev–Trinajstić information content (AvgIpc) is 1.84. The van der Waals surface area contributed by atoms with Gasteiger partial charge in [0.05, 0.1) is 0 Å². The van der Waals surface area contributed by atoms with E-state index in [4.69, 9.17) is 9.64 Å². The minimum atomic E-state index is -2.61. The second-order valence-electron chi connectivity index (χ2n) is 0.460. The van der Waals surface area contributed by atoms with Crippen LogP contribution < -0.4 is 5.31 Å². The molecule has 1 heteroatoms. The first kappa shape index (κ1) is 0.289. The lowest BCUT2D eigenvalue weighted by Gasteiger charge is -2.09. The number of hydrogen-bond donors (Lipinski definition) is 1. The first-order valence-corrected chi connectivity index (χ1v) is 0.947. The van der Waals surface area contributed by atoms with Crippen LogP contribution in [0.15, 0.2) is 0 Å². The van der Waals surface area contributed by atoms with Crippen LogP contribution in [0, 0.1) is 0 Å². The minimum Gasteiger partial charge on any atom is -0.317 e. The standard InChI is InChI=1S/C3H7N/c1-2-4-3-1/h4H,1-3H2/i1D2,2D2,3D2/hD. The molecule has 0 bridgehead atoms. The molecule has 1 nitrogen and oxygen atoms in total. The van der Waals surface area contributed by atoms with Crippen LogP contribution in [0.3, 0.4) is 0 Å². The van der Waals surface area contributed by atoms with Crippen LogP contribution in [0.5, 0.6) is 0 Å². The summed E-state index contributed by atoms with van der Waals surface area (Å²) < 4.78 is 48.4. The summed E-state index contributed by atoms with van der Waals surface area (Å²) in [5, 5.41) is 0.000000000000000222. The molecular weight excluding hydrogens is 50.0 g/mol. The van der Waals surface area contributed by atoms with Crippen LogP contribution in [-0.2, 0) is 0 Å². The highest BCUT2D eigenvalue weighted by Gasteiger charge is 1.92. The van der Waals surface area contributed by atoms with Gasteiger partial charge in [0.25, 0.3) is 0 Å². The Bertz CT molecular complexity index is 168. The molecule has 0 spiro atoms. The minimum absolute atomic E-state index is 0.000000000000000222. The summed E-state index contributed by atoms with van der Waals surface area (Å²) in [7, 11) is 0. The van der Waals surface area contributed by atoms with E-state index in [0.29, 0.717) is 0 Å². The topological polar surface area (TPSA) is 12.0 Å². The first-order chi connectivity index (χ1) is 4.65. The van der Waals surface area contributed by atoms with Crippen molar-refractivity contribution in [2.45, 2.75) is 6.37 Å². The number of nitrogens with one attached hydrogen (secondary N) is 1. The lowest BCUT2D eigenvalue weighted by Crippen LogP contribution is -2.29. The first-order valence-electron chi connectivity index (χ1n) is 4.39. The van der Waals surface area contributed by atoms with Crippen molar-refractivity contribution in [3.63, 3.8) is 0 Å². The van der Waals surface area contributed by atoms with Crippen LogP contribution in [0.2, 0.25) is 1.41 Å². The second kappa shape index (κ2) is 0.725. The fourth-order valence-corrected chi connectivity index (χ4v) is 0.0559. The van der Waals surface area contributed by atoms with Gasteiger partial charge in [0.1, 0.15) is 1.41 Å². The Morgan fingerprint density at radius 3 is 3.00 bits per heavy atom. The molecule has 1 aliphatic rings. The fourth-order valence-electron chi connectivity index (χ4n) is 0.0559. The second-order valence-corrected chi connectivity index (χ2v) is 0.460. The van der Waals surface area contributed by atoms with E-state index < -0.39 is 19.4 Å². The molecule has 1 aliphatic heterocycles. The Balaban J connectivity index is 2.98. The Morgan fingerprint density at radius 1 is 2.00 bits per heavy atom. The van der Waals surface area contributed by atoms with E-state index in [-0.39, 0.29) is 5.31 Å². The molecule has 0 saturated carbocycles. The van der Waals surface area contributed by atoms with Crippen LogP contribution in [-0.4, -0.2) is 13.0 Å². The van der Waals surface area contributed by atoms with Crippen molar-refractivity contribution >= 4 is 0 Å². The third kappa shape index (κ3) is 0.115. The molecule has 24 valence electrons. The highest BCUT2D eigenvalue weighted by molar-refractivity contribution is 4.56. The van der Waals surface area contributed by atoms with E-state index in [9.17, 15) is 0 Å². The van der Waals surface area contributed by atoms with E-state index in [1.165, 1.54) is 0 Å². The van der Waals surface area contributed by atoms with E-state index in [1.54, 1.807) is 0 Å². The summed E-state index contributed by atoms with van der Waals surface area (Å²) in [5.74, 6) is 0. The maximum Gasteiger partial charge on any atom is 0.122 e. The predicted octanol–water partition coefficient (Wildman–Crippen LogP) is -0.0203. The number of hydrogen-bond acceptors (Lipinski definition) is 1. The molecule has 0 atom stereocenters. The lowest BCUT2D eigenvalue weighted by molar-refractivity contribution is 0.527. The van der Waals surface area contributed by atoms with Gasteiger partial charge in [-0.2, -0.15) is 0 Å². The summed E-state index contributed by atoms with van der Waals surface area (Å²) in [6.45, 7) is -5.06. The Labute approximate surface area is 35.9 Å².